The first-order chi connectivity index (χ1) is 25.1. The van der Waals surface area contributed by atoms with Gasteiger partial charge in [0.1, 0.15) is 15.8 Å². The SMILES string of the molecule is Cc1nn(-c2ccccc2Cl)c([O-])c1N=Nc1cc([N+](=O)[O-])ccc1[O-].O=[N+]([O-])c1cc(N=Nc2c([O-])ccc3ccccc23)c([O-])c(S(=O)(=O)[O-])c1.[Cr+3].[Na+].[Na+]. The molecule has 5 aromatic carbocycles. The van der Waals surface area contributed by atoms with Crippen LogP contribution in [0.5, 0.6) is 23.1 Å². The van der Waals surface area contributed by atoms with Crippen LogP contribution in [-0.2, 0) is 27.5 Å². The zero-order valence-corrected chi connectivity index (χ0v) is 35.8. The summed E-state index contributed by atoms with van der Waals surface area (Å²) in [6.07, 6.45) is 0. The molecule has 1 heterocycles. The number of aryl methyl sites for hydroxylation is 1. The third-order valence-electron chi connectivity index (χ3n) is 7.10. The minimum atomic E-state index is -5.27. The van der Waals surface area contributed by atoms with E-state index < -0.39 is 59.4 Å². The smallest absolute Gasteiger partial charge is 0.871 e. The number of benzene rings is 5. The normalized spacial score (nSPS) is 10.9. The second-order valence-corrected chi connectivity index (χ2v) is 12.3. The van der Waals surface area contributed by atoms with Gasteiger partial charge in [0.25, 0.3) is 11.4 Å². The van der Waals surface area contributed by atoms with Gasteiger partial charge in [-0.25, -0.2) is 13.1 Å². The number of aromatic nitrogens is 2. The monoisotopic (exact) mass is 855 g/mol. The van der Waals surface area contributed by atoms with Crippen LogP contribution in [0, 0.1) is 27.2 Å². The van der Waals surface area contributed by atoms with Crippen LogP contribution >= 0.6 is 11.6 Å². The number of nitrogens with zero attached hydrogens (tertiary/aromatic N) is 8. The van der Waals surface area contributed by atoms with E-state index in [1.54, 1.807) is 61.5 Å². The Balaban J connectivity index is 0.000000367. The Morgan fingerprint density at radius 1 is 0.714 bits per heavy atom. The van der Waals surface area contributed by atoms with Crippen molar-refractivity contribution in [2.24, 2.45) is 20.5 Å². The minimum Gasteiger partial charge on any atom is -0.871 e. The standard InChI is InChI=1S/C16H12ClN5O4.C16H11N3O7S.Cr.2Na/c1-9-15(16(24)21(20-9)13-5-3-2-4-11(13)17)19-18-12-8-10(22(25)26)6-7-14(12)23;20-13-6-5-9-3-1-2-4-11(9)15(13)18-17-12-7-10(19(22)23)8-14(16(12)21)27(24,25)26;;;/h2-8,23-24H,1H3;1-8,20-21H,(H,24,25,26);;;/q;;+3;2*+1/p-5. The molecule has 0 unspecified atom stereocenters. The van der Waals surface area contributed by atoms with Crippen LogP contribution in [-0.4, -0.2) is 32.6 Å². The van der Waals surface area contributed by atoms with Crippen LogP contribution in [0.4, 0.5) is 34.1 Å². The number of non-ortho nitro benzene ring substituents is 2. The maximum absolute atomic E-state index is 12.5. The van der Waals surface area contributed by atoms with Crippen LogP contribution in [0.2, 0.25) is 5.02 Å². The summed E-state index contributed by atoms with van der Waals surface area (Å²) in [5.41, 5.74) is -1.68. The first-order valence-electron chi connectivity index (χ1n) is 14.5. The summed E-state index contributed by atoms with van der Waals surface area (Å²) in [4.78, 5) is 18.8. The van der Waals surface area contributed by atoms with Crippen LogP contribution in [0.15, 0.2) is 116 Å². The average molecular weight is 856 g/mol. The van der Waals surface area contributed by atoms with Crippen molar-refractivity contribution >= 4 is 66.6 Å². The number of para-hydroxylation sites is 1. The molecule has 273 valence electrons. The molecule has 0 amide bonds. The molecule has 56 heavy (non-hydrogen) atoms. The van der Waals surface area contributed by atoms with E-state index >= 15 is 0 Å². The number of rotatable bonds is 8. The molecule has 0 spiro atoms. The molecule has 0 atom stereocenters. The zero-order valence-electron chi connectivity index (χ0n) is 28.9. The molecule has 24 heteroatoms. The molecule has 1 radical (unpaired) electrons. The topological polar surface area (TPSA) is 303 Å². The predicted octanol–water partition coefficient (Wildman–Crippen LogP) is -0.475. The summed E-state index contributed by atoms with van der Waals surface area (Å²) in [5.74, 6) is -2.99. The van der Waals surface area contributed by atoms with Crippen molar-refractivity contribution in [3.63, 3.8) is 0 Å². The van der Waals surface area contributed by atoms with Gasteiger partial charge >= 0.3 is 76.5 Å². The second kappa shape index (κ2) is 20.1. The van der Waals surface area contributed by atoms with Gasteiger partial charge in [0.15, 0.2) is 0 Å². The zero-order chi connectivity index (χ0) is 38.6. The summed E-state index contributed by atoms with van der Waals surface area (Å²) in [5, 5.41) is 90.4. The minimum absolute atomic E-state index is 0. The van der Waals surface area contributed by atoms with Crippen molar-refractivity contribution in [1.29, 1.82) is 0 Å². The van der Waals surface area contributed by atoms with E-state index in [0.717, 1.165) is 22.9 Å². The number of hydrogen-bond donors (Lipinski definition) is 0. The van der Waals surface area contributed by atoms with E-state index in [1.165, 1.54) is 6.07 Å². The Morgan fingerprint density at radius 2 is 1.29 bits per heavy atom. The molecule has 0 fully saturated rings. The Morgan fingerprint density at radius 3 is 1.93 bits per heavy atom. The molecule has 0 aliphatic rings. The summed E-state index contributed by atoms with van der Waals surface area (Å²) in [7, 11) is -5.27. The Bertz CT molecular complexity index is 2610. The average Bonchev–Trinajstić information content (AvgIpc) is 3.39. The number of azo groups is 2. The number of hydrogen-bond acceptors (Lipinski definition) is 16. The van der Waals surface area contributed by atoms with Crippen LogP contribution < -0.4 is 79.5 Å². The van der Waals surface area contributed by atoms with Gasteiger partial charge in [0.2, 0.25) is 0 Å². The Hall–Kier alpha value is -4.50. The molecule has 1 aromatic heterocycles. The van der Waals surface area contributed by atoms with Gasteiger partial charge in [-0.2, -0.15) is 20.4 Å². The van der Waals surface area contributed by atoms with Gasteiger partial charge in [0, 0.05) is 35.5 Å². The predicted molar refractivity (Wildman–Crippen MR) is 178 cm³/mol. The molecular formula is C32H18ClCrN8Na2O11S. The van der Waals surface area contributed by atoms with Crippen molar-refractivity contribution < 1.29 is 120 Å². The molecular weight excluding hydrogens is 838 g/mol. The van der Waals surface area contributed by atoms with Gasteiger partial charge in [-0.15, -0.1) is 5.11 Å². The Kier molecular flexibility index (Phi) is 17.1. The van der Waals surface area contributed by atoms with Gasteiger partial charge < -0.3 is 25.0 Å². The fourth-order valence-corrected chi connectivity index (χ4v) is 5.39. The van der Waals surface area contributed by atoms with E-state index in [9.17, 15) is 53.6 Å². The van der Waals surface area contributed by atoms with Crippen molar-refractivity contribution in [2.45, 2.75) is 11.8 Å². The summed E-state index contributed by atoms with van der Waals surface area (Å²) >= 11 is 6.07. The van der Waals surface area contributed by atoms with Crippen molar-refractivity contribution in [3.05, 3.63) is 122 Å². The van der Waals surface area contributed by atoms with Crippen molar-refractivity contribution in [3.8, 4) is 28.8 Å². The molecule has 0 saturated carbocycles. The van der Waals surface area contributed by atoms with E-state index in [1.807, 2.05) is 0 Å². The number of nitro benzene ring substituents is 2. The van der Waals surface area contributed by atoms with E-state index in [4.69, 9.17) is 11.6 Å². The van der Waals surface area contributed by atoms with Gasteiger partial charge in [0.05, 0.1) is 48.2 Å². The molecule has 6 rings (SSSR count). The van der Waals surface area contributed by atoms with Crippen LogP contribution in [0.1, 0.15) is 5.69 Å². The first kappa shape index (κ1) is 47.7. The number of fused-ring (bicyclic) bond motifs is 1. The van der Waals surface area contributed by atoms with E-state index in [0.29, 0.717) is 33.6 Å². The summed E-state index contributed by atoms with van der Waals surface area (Å²) in [6.45, 7) is 1.55. The maximum Gasteiger partial charge on any atom is 3.00 e. The third kappa shape index (κ3) is 10.9. The summed E-state index contributed by atoms with van der Waals surface area (Å²) in [6, 6.07) is 20.2. The molecule has 19 nitrogen and oxygen atoms in total. The molecule has 0 N–H and O–H groups in total. The molecule has 0 saturated heterocycles. The quantitative estimate of drug-likeness (QED) is 0.0617. The van der Waals surface area contributed by atoms with E-state index in [-0.39, 0.29) is 105 Å². The summed E-state index contributed by atoms with van der Waals surface area (Å²) < 4.78 is 34.6. The van der Waals surface area contributed by atoms with Gasteiger partial charge in [-0.05, 0) is 24.4 Å². The largest absolute Gasteiger partial charge is 3.00 e. The van der Waals surface area contributed by atoms with Crippen molar-refractivity contribution in [2.75, 3.05) is 0 Å². The van der Waals surface area contributed by atoms with E-state index in [2.05, 4.69) is 25.6 Å². The van der Waals surface area contributed by atoms with Crippen LogP contribution in [0.3, 0.4) is 0 Å². The molecule has 0 aliphatic carbocycles. The molecule has 0 aliphatic heterocycles. The van der Waals surface area contributed by atoms with Gasteiger partial charge in [-0.3, -0.25) is 20.2 Å². The number of halogens is 1. The first-order valence-corrected chi connectivity index (χ1v) is 16.3. The molecule has 0 bridgehead atoms. The number of nitro groups is 2. The second-order valence-electron chi connectivity index (χ2n) is 10.5. The maximum atomic E-state index is 12.5. The third-order valence-corrected chi connectivity index (χ3v) is 8.26. The fourth-order valence-electron chi connectivity index (χ4n) is 4.58. The van der Waals surface area contributed by atoms with Crippen molar-refractivity contribution in [1.82, 2.24) is 9.78 Å². The Labute approximate surface area is 375 Å². The van der Waals surface area contributed by atoms with Crippen LogP contribution in [0.25, 0.3) is 16.5 Å². The van der Waals surface area contributed by atoms with Gasteiger partial charge in [-0.1, -0.05) is 83.4 Å². The molecule has 6 aromatic rings. The fraction of sp³-hybridized carbons (Fsp3) is 0.0312.